The van der Waals surface area contributed by atoms with Gasteiger partial charge in [-0.1, -0.05) is 0 Å². The van der Waals surface area contributed by atoms with Crippen molar-refractivity contribution in [3.8, 4) is 0 Å². The Bertz CT molecular complexity index is 196. The highest BCUT2D eigenvalue weighted by Gasteiger charge is 2.34. The molecule has 0 aromatic carbocycles. The lowest BCUT2D eigenvalue weighted by atomic mass is 10.0. The van der Waals surface area contributed by atoms with Crippen molar-refractivity contribution in [1.82, 2.24) is 10.2 Å². The molecule has 14 heavy (non-hydrogen) atoms. The van der Waals surface area contributed by atoms with E-state index in [1.807, 2.05) is 0 Å². The Balaban J connectivity index is 1.95. The van der Waals surface area contributed by atoms with Gasteiger partial charge in [0.25, 0.3) is 0 Å². The molecule has 1 unspecified atom stereocenters. The molecule has 1 N–H and O–H groups in total. The van der Waals surface area contributed by atoms with Crippen LogP contribution < -0.4 is 5.32 Å². The van der Waals surface area contributed by atoms with Gasteiger partial charge in [0.15, 0.2) is 0 Å². The molecule has 0 aromatic rings. The summed E-state index contributed by atoms with van der Waals surface area (Å²) in [5.74, 6) is 1.00. The summed E-state index contributed by atoms with van der Waals surface area (Å²) in [6.07, 6.45) is 4.23. The molecular formula is C12H24N2. The van der Waals surface area contributed by atoms with E-state index >= 15 is 0 Å². The number of rotatable bonds is 2. The van der Waals surface area contributed by atoms with Crippen LogP contribution in [-0.4, -0.2) is 36.1 Å². The summed E-state index contributed by atoms with van der Waals surface area (Å²) < 4.78 is 0. The predicted octanol–water partition coefficient (Wildman–Crippen LogP) is 1.86. The molecule has 0 spiro atoms. The number of hydrogen-bond donors (Lipinski definition) is 1. The molecule has 2 rings (SSSR count). The van der Waals surface area contributed by atoms with E-state index in [1.165, 1.54) is 38.9 Å². The smallest absolute Gasteiger partial charge is 0.0252 e. The lowest BCUT2D eigenvalue weighted by Gasteiger charge is -2.34. The van der Waals surface area contributed by atoms with E-state index in [9.17, 15) is 0 Å². The molecule has 82 valence electrons. The van der Waals surface area contributed by atoms with Gasteiger partial charge in [-0.05, 0) is 59.0 Å². The summed E-state index contributed by atoms with van der Waals surface area (Å²) in [6.45, 7) is 10.7. The molecule has 0 aromatic heterocycles. The van der Waals surface area contributed by atoms with Gasteiger partial charge in [0.05, 0.1) is 0 Å². The molecule has 2 aliphatic rings. The molecule has 1 aliphatic heterocycles. The van der Waals surface area contributed by atoms with Crippen LogP contribution in [0.1, 0.15) is 40.0 Å². The molecule has 1 atom stereocenters. The maximum atomic E-state index is 3.62. The second-order valence-electron chi connectivity index (χ2n) is 5.71. The Morgan fingerprint density at radius 1 is 1.36 bits per heavy atom. The summed E-state index contributed by atoms with van der Waals surface area (Å²) >= 11 is 0. The Hall–Kier alpha value is -0.0800. The normalized spacial score (nSPS) is 31.1. The molecule has 1 aliphatic carbocycles. The highest BCUT2D eigenvalue weighted by Crippen LogP contribution is 2.35. The molecular weight excluding hydrogens is 172 g/mol. The van der Waals surface area contributed by atoms with Crippen molar-refractivity contribution < 1.29 is 0 Å². The molecule has 2 fully saturated rings. The summed E-state index contributed by atoms with van der Waals surface area (Å²) in [4.78, 5) is 2.69. The fraction of sp³-hybridized carbons (Fsp3) is 1.00. The van der Waals surface area contributed by atoms with Gasteiger partial charge in [0, 0.05) is 18.1 Å². The molecule has 1 heterocycles. The number of nitrogens with zero attached hydrogens (tertiary/aromatic N) is 1. The average molecular weight is 196 g/mol. The van der Waals surface area contributed by atoms with Gasteiger partial charge in [-0.25, -0.2) is 0 Å². The van der Waals surface area contributed by atoms with Gasteiger partial charge >= 0.3 is 0 Å². The van der Waals surface area contributed by atoms with Crippen molar-refractivity contribution in [3.63, 3.8) is 0 Å². The van der Waals surface area contributed by atoms with E-state index in [1.54, 1.807) is 0 Å². The van der Waals surface area contributed by atoms with Gasteiger partial charge in [-0.15, -0.1) is 0 Å². The first-order valence-electron chi connectivity index (χ1n) is 6.07. The van der Waals surface area contributed by atoms with Gasteiger partial charge in [-0.2, -0.15) is 0 Å². The predicted molar refractivity (Wildman–Crippen MR) is 60.5 cm³/mol. The Labute approximate surface area is 88.1 Å². The first kappa shape index (κ1) is 10.4. The minimum absolute atomic E-state index is 0.305. The van der Waals surface area contributed by atoms with Crippen LogP contribution in [-0.2, 0) is 0 Å². The van der Waals surface area contributed by atoms with E-state index in [0.29, 0.717) is 5.54 Å². The lowest BCUT2D eigenvalue weighted by Crippen LogP contribution is -2.49. The minimum Gasteiger partial charge on any atom is -0.310 e. The average Bonchev–Trinajstić information content (AvgIpc) is 2.89. The zero-order chi connectivity index (χ0) is 10.2. The van der Waals surface area contributed by atoms with Gasteiger partial charge in [-0.3, -0.25) is 4.90 Å². The molecule has 1 saturated carbocycles. The summed E-state index contributed by atoms with van der Waals surface area (Å²) in [6, 6.07) is 0.814. The zero-order valence-electron chi connectivity index (χ0n) is 9.84. The van der Waals surface area contributed by atoms with Crippen LogP contribution in [0.3, 0.4) is 0 Å². The Morgan fingerprint density at radius 3 is 2.71 bits per heavy atom. The molecule has 0 amide bonds. The van der Waals surface area contributed by atoms with Crippen LogP contribution in [0, 0.1) is 5.92 Å². The van der Waals surface area contributed by atoms with Crippen LogP contribution in [0.4, 0.5) is 0 Å². The first-order chi connectivity index (χ1) is 6.58. The van der Waals surface area contributed by atoms with E-state index < -0.39 is 0 Å². The SMILES string of the molecule is CC(C1CC1)N1CCCNC(C)(C)C1. The van der Waals surface area contributed by atoms with E-state index in [0.717, 1.165) is 12.0 Å². The van der Waals surface area contributed by atoms with Crippen molar-refractivity contribution in [2.24, 2.45) is 5.92 Å². The standard InChI is InChI=1S/C12H24N2/c1-10(11-5-6-11)14-8-4-7-13-12(2,3)9-14/h10-11,13H,4-9H2,1-3H3. The molecule has 2 heteroatoms. The Morgan fingerprint density at radius 2 is 2.07 bits per heavy atom. The second-order valence-corrected chi connectivity index (χ2v) is 5.71. The molecule has 0 bridgehead atoms. The van der Waals surface area contributed by atoms with Crippen LogP contribution in [0.25, 0.3) is 0 Å². The fourth-order valence-corrected chi connectivity index (χ4v) is 2.58. The minimum atomic E-state index is 0.305. The summed E-state index contributed by atoms with van der Waals surface area (Å²) in [5.41, 5.74) is 0.305. The van der Waals surface area contributed by atoms with E-state index in [-0.39, 0.29) is 0 Å². The van der Waals surface area contributed by atoms with Gasteiger partial charge < -0.3 is 5.32 Å². The third kappa shape index (κ3) is 2.48. The third-order valence-corrected chi connectivity index (χ3v) is 3.70. The maximum absolute atomic E-state index is 3.62. The summed E-state index contributed by atoms with van der Waals surface area (Å²) in [5, 5.41) is 3.62. The highest BCUT2D eigenvalue weighted by atomic mass is 15.2. The van der Waals surface area contributed by atoms with Crippen molar-refractivity contribution in [3.05, 3.63) is 0 Å². The topological polar surface area (TPSA) is 15.3 Å². The van der Waals surface area contributed by atoms with Gasteiger partial charge in [0.2, 0.25) is 0 Å². The first-order valence-corrected chi connectivity index (χ1v) is 6.07. The quantitative estimate of drug-likeness (QED) is 0.725. The third-order valence-electron chi connectivity index (χ3n) is 3.70. The van der Waals surface area contributed by atoms with Crippen molar-refractivity contribution in [2.75, 3.05) is 19.6 Å². The summed E-state index contributed by atoms with van der Waals surface area (Å²) in [7, 11) is 0. The fourth-order valence-electron chi connectivity index (χ4n) is 2.58. The second kappa shape index (κ2) is 3.82. The van der Waals surface area contributed by atoms with Crippen LogP contribution in [0.5, 0.6) is 0 Å². The van der Waals surface area contributed by atoms with Gasteiger partial charge in [0.1, 0.15) is 0 Å². The van der Waals surface area contributed by atoms with Crippen molar-refractivity contribution in [2.45, 2.75) is 51.6 Å². The Kier molecular flexibility index (Phi) is 2.85. The van der Waals surface area contributed by atoms with E-state index in [2.05, 4.69) is 31.0 Å². The highest BCUT2D eigenvalue weighted by molar-refractivity contribution is 4.91. The van der Waals surface area contributed by atoms with Crippen molar-refractivity contribution >= 4 is 0 Å². The van der Waals surface area contributed by atoms with E-state index in [4.69, 9.17) is 0 Å². The lowest BCUT2D eigenvalue weighted by molar-refractivity contribution is 0.164. The van der Waals surface area contributed by atoms with Crippen molar-refractivity contribution in [1.29, 1.82) is 0 Å². The zero-order valence-corrected chi connectivity index (χ0v) is 9.84. The largest absolute Gasteiger partial charge is 0.310 e. The monoisotopic (exact) mass is 196 g/mol. The number of hydrogen-bond acceptors (Lipinski definition) is 2. The molecule has 0 radical (unpaired) electrons. The molecule has 2 nitrogen and oxygen atoms in total. The van der Waals surface area contributed by atoms with Crippen LogP contribution in [0.2, 0.25) is 0 Å². The molecule has 1 saturated heterocycles. The van der Waals surface area contributed by atoms with Crippen LogP contribution in [0.15, 0.2) is 0 Å². The maximum Gasteiger partial charge on any atom is 0.0252 e. The number of nitrogens with one attached hydrogen (secondary N) is 1. The van der Waals surface area contributed by atoms with Crippen LogP contribution >= 0.6 is 0 Å².